The van der Waals surface area contributed by atoms with Gasteiger partial charge >= 0.3 is 6.03 Å². The Hall–Kier alpha value is -2.12. The predicted molar refractivity (Wildman–Crippen MR) is 50.9 cm³/mol. The molecule has 8 nitrogen and oxygen atoms in total. The summed E-state index contributed by atoms with van der Waals surface area (Å²) in [6.07, 6.45) is 1.45. The van der Waals surface area contributed by atoms with Crippen LogP contribution in [0.15, 0.2) is 5.10 Å². The topological polar surface area (TPSA) is 112 Å². The van der Waals surface area contributed by atoms with E-state index >= 15 is 0 Å². The first kappa shape index (κ1) is 9.96. The smallest absolute Gasteiger partial charge is 0.317 e. The van der Waals surface area contributed by atoms with E-state index < -0.39 is 6.03 Å². The van der Waals surface area contributed by atoms with Crippen LogP contribution in [0.4, 0.5) is 10.6 Å². The molecule has 8 heteroatoms. The molecule has 76 valence electrons. The maximum absolute atomic E-state index is 10.5. The molecular weight excluding hydrogens is 186 g/mol. The van der Waals surface area contributed by atoms with Crippen molar-refractivity contribution in [1.29, 1.82) is 0 Å². The minimum absolute atomic E-state index is 0.253. The number of aromatic nitrogens is 3. The summed E-state index contributed by atoms with van der Waals surface area (Å²) in [6.45, 7) is 0. The Morgan fingerprint density at radius 3 is 2.93 bits per heavy atom. The lowest BCUT2D eigenvalue weighted by Crippen LogP contribution is -2.20. The Morgan fingerprint density at radius 2 is 2.36 bits per heavy atom. The van der Waals surface area contributed by atoms with Gasteiger partial charge in [0.25, 0.3) is 0 Å². The SMILES string of the molecule is CN(C)/N=C/c1n[nH]nc1NC(N)=O. The Morgan fingerprint density at radius 1 is 1.64 bits per heavy atom. The van der Waals surface area contributed by atoms with Gasteiger partial charge in [0.1, 0.15) is 5.69 Å². The van der Waals surface area contributed by atoms with Crippen molar-refractivity contribution in [3.8, 4) is 0 Å². The number of nitrogens with one attached hydrogen (secondary N) is 2. The second-order valence-electron chi connectivity index (χ2n) is 2.64. The molecule has 0 aliphatic carbocycles. The molecule has 0 unspecified atom stereocenters. The fourth-order valence-electron chi connectivity index (χ4n) is 0.708. The first-order chi connectivity index (χ1) is 6.59. The van der Waals surface area contributed by atoms with E-state index in [1.165, 1.54) is 6.21 Å². The predicted octanol–water partition coefficient (Wildman–Crippen LogP) is -0.809. The van der Waals surface area contributed by atoms with Crippen LogP contribution in [0, 0.1) is 0 Å². The number of aromatic amines is 1. The number of primary amides is 1. The minimum Gasteiger partial charge on any atom is -0.351 e. The largest absolute Gasteiger partial charge is 0.351 e. The number of hydrogen-bond donors (Lipinski definition) is 3. The van der Waals surface area contributed by atoms with E-state index in [1.807, 2.05) is 0 Å². The second-order valence-corrected chi connectivity index (χ2v) is 2.64. The molecule has 0 aliphatic heterocycles. The molecule has 0 aromatic carbocycles. The van der Waals surface area contributed by atoms with E-state index in [2.05, 4.69) is 25.8 Å². The molecule has 4 N–H and O–H groups in total. The highest BCUT2D eigenvalue weighted by Gasteiger charge is 2.06. The van der Waals surface area contributed by atoms with Crippen LogP contribution in [0.1, 0.15) is 5.69 Å². The summed E-state index contributed by atoms with van der Waals surface area (Å²) < 4.78 is 0. The van der Waals surface area contributed by atoms with Crippen LogP contribution in [-0.2, 0) is 0 Å². The average Bonchev–Trinajstić information content (AvgIpc) is 2.47. The van der Waals surface area contributed by atoms with Gasteiger partial charge in [-0.3, -0.25) is 5.32 Å². The van der Waals surface area contributed by atoms with Crippen LogP contribution in [0.3, 0.4) is 0 Å². The van der Waals surface area contributed by atoms with Gasteiger partial charge in [0.15, 0.2) is 5.82 Å². The van der Waals surface area contributed by atoms with Crippen LogP contribution in [0.5, 0.6) is 0 Å². The quantitative estimate of drug-likeness (QED) is 0.434. The van der Waals surface area contributed by atoms with Gasteiger partial charge in [-0.15, -0.1) is 5.10 Å². The van der Waals surface area contributed by atoms with Crippen molar-refractivity contribution in [1.82, 2.24) is 20.4 Å². The van der Waals surface area contributed by atoms with E-state index in [9.17, 15) is 4.79 Å². The molecule has 14 heavy (non-hydrogen) atoms. The monoisotopic (exact) mass is 197 g/mol. The van der Waals surface area contributed by atoms with Gasteiger partial charge in [-0.05, 0) is 0 Å². The van der Waals surface area contributed by atoms with Gasteiger partial charge in [-0.1, -0.05) is 0 Å². The van der Waals surface area contributed by atoms with Crippen molar-refractivity contribution >= 4 is 18.1 Å². The third-order valence-corrected chi connectivity index (χ3v) is 1.23. The molecular formula is C6H11N7O. The normalized spacial score (nSPS) is 10.4. The lowest BCUT2D eigenvalue weighted by atomic mass is 10.4. The van der Waals surface area contributed by atoms with E-state index in [0.29, 0.717) is 5.69 Å². The summed E-state index contributed by atoms with van der Waals surface area (Å²) in [6, 6.07) is -0.696. The van der Waals surface area contributed by atoms with E-state index in [-0.39, 0.29) is 5.82 Å². The lowest BCUT2D eigenvalue weighted by Gasteiger charge is -2.01. The molecule has 2 amide bonds. The lowest BCUT2D eigenvalue weighted by molar-refractivity contribution is 0.259. The Labute approximate surface area is 80.2 Å². The number of hydrogen-bond acceptors (Lipinski definition) is 5. The van der Waals surface area contributed by atoms with Crippen molar-refractivity contribution in [2.75, 3.05) is 19.4 Å². The Kier molecular flexibility index (Phi) is 3.00. The van der Waals surface area contributed by atoms with Gasteiger partial charge in [0, 0.05) is 14.1 Å². The number of carbonyl (C=O) groups excluding carboxylic acids is 1. The molecule has 1 heterocycles. The van der Waals surface area contributed by atoms with E-state index in [0.717, 1.165) is 0 Å². The summed E-state index contributed by atoms with van der Waals surface area (Å²) in [5.41, 5.74) is 5.34. The highest BCUT2D eigenvalue weighted by atomic mass is 16.2. The third-order valence-electron chi connectivity index (χ3n) is 1.23. The standard InChI is InChI=1S/C6H11N7O/c1-13(2)8-3-4-5(9-6(7)14)11-12-10-4/h3H,1-2H3,(H4,7,9,10,11,12,14)/b8-3+. The number of anilines is 1. The number of rotatable bonds is 3. The molecule has 0 radical (unpaired) electrons. The minimum atomic E-state index is -0.696. The number of hydrazone groups is 1. The number of urea groups is 1. The molecule has 0 bridgehead atoms. The summed E-state index contributed by atoms with van der Waals surface area (Å²) in [4.78, 5) is 10.5. The Balaban J connectivity index is 2.77. The molecule has 0 saturated carbocycles. The van der Waals surface area contributed by atoms with Gasteiger partial charge in [0.05, 0.1) is 6.21 Å². The third kappa shape index (κ3) is 2.73. The summed E-state index contributed by atoms with van der Waals surface area (Å²) >= 11 is 0. The fourth-order valence-corrected chi connectivity index (χ4v) is 0.708. The summed E-state index contributed by atoms with van der Waals surface area (Å²) in [7, 11) is 3.52. The summed E-state index contributed by atoms with van der Waals surface area (Å²) in [5.74, 6) is 0.253. The maximum Gasteiger partial charge on any atom is 0.317 e. The number of amides is 2. The number of nitrogens with zero attached hydrogens (tertiary/aromatic N) is 4. The second kappa shape index (κ2) is 4.21. The van der Waals surface area contributed by atoms with Gasteiger partial charge in [-0.25, -0.2) is 4.79 Å². The number of carbonyl (C=O) groups is 1. The zero-order chi connectivity index (χ0) is 10.6. The van der Waals surface area contributed by atoms with Crippen LogP contribution in [-0.4, -0.2) is 46.8 Å². The number of nitrogens with two attached hydrogens (primary N) is 1. The zero-order valence-electron chi connectivity index (χ0n) is 7.85. The molecule has 0 spiro atoms. The molecule has 0 aliphatic rings. The summed E-state index contributed by atoms with van der Waals surface area (Å²) in [5, 5.41) is 17.6. The van der Waals surface area contributed by atoms with Crippen LogP contribution >= 0.6 is 0 Å². The highest BCUT2D eigenvalue weighted by molar-refractivity contribution is 5.93. The first-order valence-corrected chi connectivity index (χ1v) is 3.78. The van der Waals surface area contributed by atoms with Crippen molar-refractivity contribution in [2.24, 2.45) is 10.8 Å². The van der Waals surface area contributed by atoms with Crippen molar-refractivity contribution in [3.63, 3.8) is 0 Å². The molecule has 0 atom stereocenters. The highest BCUT2D eigenvalue weighted by Crippen LogP contribution is 2.03. The fraction of sp³-hybridized carbons (Fsp3) is 0.333. The zero-order valence-corrected chi connectivity index (χ0v) is 7.85. The Bertz CT molecular complexity index is 342. The molecule has 0 saturated heterocycles. The molecule has 0 fully saturated rings. The van der Waals surface area contributed by atoms with E-state index in [1.54, 1.807) is 19.1 Å². The average molecular weight is 197 g/mol. The molecule has 1 aromatic heterocycles. The van der Waals surface area contributed by atoms with Crippen LogP contribution < -0.4 is 11.1 Å². The molecule has 1 aromatic rings. The van der Waals surface area contributed by atoms with E-state index in [4.69, 9.17) is 5.73 Å². The van der Waals surface area contributed by atoms with Crippen LogP contribution in [0.2, 0.25) is 0 Å². The van der Waals surface area contributed by atoms with Crippen molar-refractivity contribution in [2.45, 2.75) is 0 Å². The molecule has 1 rings (SSSR count). The van der Waals surface area contributed by atoms with Crippen molar-refractivity contribution < 1.29 is 4.79 Å². The van der Waals surface area contributed by atoms with Crippen LogP contribution in [0.25, 0.3) is 0 Å². The van der Waals surface area contributed by atoms with Gasteiger partial charge in [0.2, 0.25) is 0 Å². The number of H-pyrrole nitrogens is 1. The van der Waals surface area contributed by atoms with Crippen molar-refractivity contribution in [3.05, 3.63) is 5.69 Å². The van der Waals surface area contributed by atoms with Gasteiger partial charge in [-0.2, -0.15) is 15.4 Å². The van der Waals surface area contributed by atoms with Gasteiger partial charge < -0.3 is 10.7 Å². The first-order valence-electron chi connectivity index (χ1n) is 3.78. The maximum atomic E-state index is 10.5.